The van der Waals surface area contributed by atoms with Crippen molar-refractivity contribution in [2.24, 2.45) is 5.41 Å². The molecule has 3 rings (SSSR count). The molecule has 3 nitrogen and oxygen atoms in total. The number of nitrogens with zero attached hydrogens (tertiary/aromatic N) is 1. The number of carbonyl (C=O) groups is 1. The molecule has 1 fully saturated rings. The first-order chi connectivity index (χ1) is 8.60. The third-order valence-electron chi connectivity index (χ3n) is 4.00. The number of hydrogen-bond donors (Lipinski definition) is 1. The summed E-state index contributed by atoms with van der Waals surface area (Å²) < 4.78 is 0.903. The van der Waals surface area contributed by atoms with Crippen molar-refractivity contribution in [3.63, 3.8) is 0 Å². The van der Waals surface area contributed by atoms with Crippen LogP contribution in [0.1, 0.15) is 43.0 Å². The summed E-state index contributed by atoms with van der Waals surface area (Å²) in [5, 5.41) is 0.919. The fourth-order valence-electron chi connectivity index (χ4n) is 2.87. The Morgan fingerprint density at radius 3 is 2.89 bits per heavy atom. The fourth-order valence-corrected chi connectivity index (χ4v) is 3.20. The van der Waals surface area contributed by atoms with Crippen molar-refractivity contribution in [2.45, 2.75) is 32.6 Å². The zero-order valence-corrected chi connectivity index (χ0v) is 11.9. The number of carbonyl (C=O) groups excluding carboxylic acids is 1. The van der Waals surface area contributed by atoms with Crippen LogP contribution in [-0.4, -0.2) is 15.8 Å². The minimum absolute atomic E-state index is 0.183. The van der Waals surface area contributed by atoms with Gasteiger partial charge in [-0.05, 0) is 34.8 Å². The lowest BCUT2D eigenvalue weighted by Crippen LogP contribution is -2.24. The van der Waals surface area contributed by atoms with Crippen LogP contribution in [0.2, 0.25) is 0 Å². The van der Waals surface area contributed by atoms with E-state index in [1.807, 2.05) is 6.07 Å². The smallest absolute Gasteiger partial charge is 0.170 e. The van der Waals surface area contributed by atoms with Crippen LogP contribution < -0.4 is 0 Å². The highest BCUT2D eigenvalue weighted by molar-refractivity contribution is 9.10. The summed E-state index contributed by atoms with van der Waals surface area (Å²) in [7, 11) is 0. The van der Waals surface area contributed by atoms with Gasteiger partial charge in [0, 0.05) is 33.2 Å². The highest BCUT2D eigenvalue weighted by Crippen LogP contribution is 2.41. The van der Waals surface area contributed by atoms with Crippen molar-refractivity contribution >= 4 is 32.7 Å². The maximum absolute atomic E-state index is 12.7. The zero-order chi connectivity index (χ0) is 12.8. The number of hydrogen-bond acceptors (Lipinski definition) is 2. The molecule has 1 aliphatic carbocycles. The van der Waals surface area contributed by atoms with Gasteiger partial charge in [0.05, 0.1) is 0 Å². The third kappa shape index (κ3) is 1.79. The van der Waals surface area contributed by atoms with Gasteiger partial charge in [-0.2, -0.15) is 0 Å². The number of Topliss-reactive ketones (excluding diaryl/α,β-unsaturated/α-hetero) is 1. The molecular formula is C14H15BrN2O. The molecule has 1 N–H and O–H groups in total. The molecule has 4 heteroatoms. The normalized spacial score (nSPS) is 18.3. The van der Waals surface area contributed by atoms with Crippen LogP contribution in [0.15, 0.2) is 22.9 Å². The molecule has 2 aromatic heterocycles. The van der Waals surface area contributed by atoms with E-state index in [1.165, 1.54) is 0 Å². The van der Waals surface area contributed by atoms with E-state index in [4.69, 9.17) is 0 Å². The summed E-state index contributed by atoms with van der Waals surface area (Å²) in [6.45, 7) is 2.09. The first kappa shape index (κ1) is 11.9. The van der Waals surface area contributed by atoms with Gasteiger partial charge in [0.2, 0.25) is 0 Å². The van der Waals surface area contributed by atoms with Crippen LogP contribution in [0.3, 0.4) is 0 Å². The molecule has 18 heavy (non-hydrogen) atoms. The molecule has 0 aromatic carbocycles. The lowest BCUT2D eigenvalue weighted by Gasteiger charge is -2.21. The predicted octanol–water partition coefficient (Wildman–Crippen LogP) is 4.09. The number of aromatic nitrogens is 2. The number of aromatic amines is 1. The molecule has 2 heterocycles. The molecule has 1 saturated carbocycles. The van der Waals surface area contributed by atoms with Crippen molar-refractivity contribution in [3.05, 3.63) is 28.5 Å². The van der Waals surface area contributed by atoms with Gasteiger partial charge >= 0.3 is 0 Å². The summed E-state index contributed by atoms with van der Waals surface area (Å²) in [6.07, 6.45) is 7.86. The van der Waals surface area contributed by atoms with Crippen LogP contribution in [-0.2, 0) is 0 Å². The third-order valence-corrected chi connectivity index (χ3v) is 4.43. The molecule has 0 amide bonds. The maximum Gasteiger partial charge on any atom is 0.170 e. The average molecular weight is 307 g/mol. The summed E-state index contributed by atoms with van der Waals surface area (Å²) in [5.74, 6) is 0.256. The SMILES string of the molecule is CC1(C(=O)c2c[nH]c3ncc(Br)cc23)CCCC1. The molecule has 0 spiro atoms. The molecule has 0 radical (unpaired) electrons. The Hall–Kier alpha value is -1.16. The van der Waals surface area contributed by atoms with E-state index >= 15 is 0 Å². The Kier molecular flexibility index (Phi) is 2.77. The fraction of sp³-hybridized carbons (Fsp3) is 0.429. The summed E-state index contributed by atoms with van der Waals surface area (Å²) in [4.78, 5) is 20.1. The number of rotatable bonds is 2. The van der Waals surface area contributed by atoms with Crippen LogP contribution in [0.5, 0.6) is 0 Å². The lowest BCUT2D eigenvalue weighted by molar-refractivity contribution is 0.0825. The van der Waals surface area contributed by atoms with Crippen LogP contribution >= 0.6 is 15.9 Å². The van der Waals surface area contributed by atoms with Crippen molar-refractivity contribution in [2.75, 3.05) is 0 Å². The van der Waals surface area contributed by atoms with E-state index in [0.29, 0.717) is 0 Å². The highest BCUT2D eigenvalue weighted by atomic mass is 79.9. The second-order valence-corrected chi connectivity index (χ2v) is 6.26. The Morgan fingerprint density at radius 1 is 1.44 bits per heavy atom. The van der Waals surface area contributed by atoms with E-state index in [0.717, 1.165) is 46.8 Å². The van der Waals surface area contributed by atoms with Gasteiger partial charge in [-0.3, -0.25) is 4.79 Å². The first-order valence-electron chi connectivity index (χ1n) is 6.28. The number of H-pyrrole nitrogens is 1. The number of halogens is 1. The van der Waals surface area contributed by atoms with Gasteiger partial charge in [0.15, 0.2) is 5.78 Å². The van der Waals surface area contributed by atoms with Gasteiger partial charge in [0.1, 0.15) is 5.65 Å². The molecule has 0 bridgehead atoms. The Bertz CT molecular complexity index is 611. The quantitative estimate of drug-likeness (QED) is 0.849. The molecule has 94 valence electrons. The van der Waals surface area contributed by atoms with Gasteiger partial charge in [-0.1, -0.05) is 19.8 Å². The topological polar surface area (TPSA) is 45.8 Å². The average Bonchev–Trinajstić information content (AvgIpc) is 2.95. The van der Waals surface area contributed by atoms with E-state index in [1.54, 1.807) is 12.4 Å². The molecule has 1 aliphatic rings. The second-order valence-electron chi connectivity index (χ2n) is 5.35. The summed E-state index contributed by atoms with van der Waals surface area (Å²) in [5.41, 5.74) is 1.38. The molecular weight excluding hydrogens is 292 g/mol. The number of ketones is 1. The molecule has 0 aliphatic heterocycles. The van der Waals surface area contributed by atoms with E-state index in [9.17, 15) is 4.79 Å². The minimum atomic E-state index is -0.183. The van der Waals surface area contributed by atoms with E-state index < -0.39 is 0 Å². The Labute approximate surface area is 114 Å². The largest absolute Gasteiger partial charge is 0.345 e. The first-order valence-corrected chi connectivity index (χ1v) is 7.07. The Morgan fingerprint density at radius 2 is 2.17 bits per heavy atom. The van der Waals surface area contributed by atoms with Crippen LogP contribution in [0.25, 0.3) is 11.0 Å². The number of fused-ring (bicyclic) bond motifs is 1. The number of pyridine rings is 1. The zero-order valence-electron chi connectivity index (χ0n) is 10.3. The molecule has 0 unspecified atom stereocenters. The van der Waals surface area contributed by atoms with Gasteiger partial charge in [-0.25, -0.2) is 4.98 Å². The molecule has 0 atom stereocenters. The van der Waals surface area contributed by atoms with Gasteiger partial charge in [0.25, 0.3) is 0 Å². The van der Waals surface area contributed by atoms with Gasteiger partial charge < -0.3 is 4.98 Å². The summed E-state index contributed by atoms with van der Waals surface area (Å²) >= 11 is 3.41. The van der Waals surface area contributed by atoms with Gasteiger partial charge in [-0.15, -0.1) is 0 Å². The standard InChI is InChI=1S/C14H15BrN2O/c1-14(4-2-3-5-14)12(18)11-8-17-13-10(11)6-9(15)7-16-13/h6-8H,2-5H2,1H3,(H,16,17). The lowest BCUT2D eigenvalue weighted by atomic mass is 9.81. The highest BCUT2D eigenvalue weighted by Gasteiger charge is 2.37. The minimum Gasteiger partial charge on any atom is -0.345 e. The van der Waals surface area contributed by atoms with Crippen molar-refractivity contribution < 1.29 is 4.79 Å². The van der Waals surface area contributed by atoms with Crippen LogP contribution in [0.4, 0.5) is 0 Å². The maximum atomic E-state index is 12.7. The van der Waals surface area contributed by atoms with Crippen molar-refractivity contribution in [1.82, 2.24) is 9.97 Å². The monoisotopic (exact) mass is 306 g/mol. The number of nitrogens with one attached hydrogen (secondary N) is 1. The molecule has 2 aromatic rings. The predicted molar refractivity (Wildman–Crippen MR) is 74.7 cm³/mol. The van der Waals surface area contributed by atoms with Crippen molar-refractivity contribution in [3.8, 4) is 0 Å². The molecule has 0 saturated heterocycles. The second kappa shape index (κ2) is 4.19. The summed E-state index contributed by atoms with van der Waals surface area (Å²) in [6, 6.07) is 1.96. The van der Waals surface area contributed by atoms with Crippen molar-refractivity contribution in [1.29, 1.82) is 0 Å². The van der Waals surface area contributed by atoms with Crippen LogP contribution in [0, 0.1) is 5.41 Å². The Balaban J connectivity index is 2.09. The van der Waals surface area contributed by atoms with E-state index in [2.05, 4.69) is 32.8 Å². The van der Waals surface area contributed by atoms with E-state index in [-0.39, 0.29) is 11.2 Å².